The smallest absolute Gasteiger partial charge is 0.313 e. The van der Waals surface area contributed by atoms with Crippen LogP contribution in [0.4, 0.5) is 0 Å². The summed E-state index contributed by atoms with van der Waals surface area (Å²) in [6.45, 7) is 1.92. The normalized spacial score (nSPS) is 19.4. The van der Waals surface area contributed by atoms with Gasteiger partial charge < -0.3 is 5.32 Å². The van der Waals surface area contributed by atoms with Crippen LogP contribution in [0.15, 0.2) is 11.6 Å². The first-order valence-electron chi connectivity index (χ1n) is 3.81. The van der Waals surface area contributed by atoms with Crippen molar-refractivity contribution in [3.63, 3.8) is 0 Å². The van der Waals surface area contributed by atoms with Gasteiger partial charge in [0, 0.05) is 13.0 Å². The SMILES string of the molecule is O=[P+](O)CCC1=CCNCC1. The van der Waals surface area contributed by atoms with Crippen LogP contribution in [0.1, 0.15) is 12.8 Å². The maximum absolute atomic E-state index is 10.3. The van der Waals surface area contributed by atoms with Gasteiger partial charge in [0.25, 0.3) is 0 Å². The fraction of sp³-hybridized carbons (Fsp3) is 0.714. The minimum atomic E-state index is -1.94. The zero-order valence-corrected chi connectivity index (χ0v) is 7.31. The van der Waals surface area contributed by atoms with E-state index in [4.69, 9.17) is 4.89 Å². The zero-order chi connectivity index (χ0) is 8.10. The van der Waals surface area contributed by atoms with Gasteiger partial charge in [-0.05, 0) is 17.5 Å². The Balaban J connectivity index is 2.24. The van der Waals surface area contributed by atoms with Crippen molar-refractivity contribution in [1.82, 2.24) is 5.32 Å². The summed E-state index contributed by atoms with van der Waals surface area (Å²) in [5.41, 5.74) is 1.32. The molecular weight excluding hydrogens is 161 g/mol. The second kappa shape index (κ2) is 4.60. The highest BCUT2D eigenvalue weighted by Gasteiger charge is 2.12. The molecule has 0 aromatic heterocycles. The Kier molecular flexibility index (Phi) is 3.70. The molecule has 2 N–H and O–H groups in total. The van der Waals surface area contributed by atoms with Crippen molar-refractivity contribution in [2.45, 2.75) is 12.8 Å². The Morgan fingerprint density at radius 3 is 3.09 bits per heavy atom. The van der Waals surface area contributed by atoms with Crippen LogP contribution in [0.5, 0.6) is 0 Å². The van der Waals surface area contributed by atoms with E-state index in [9.17, 15) is 4.57 Å². The van der Waals surface area contributed by atoms with Crippen molar-refractivity contribution in [1.29, 1.82) is 0 Å². The van der Waals surface area contributed by atoms with Gasteiger partial charge in [-0.3, -0.25) is 0 Å². The summed E-state index contributed by atoms with van der Waals surface area (Å²) < 4.78 is 10.3. The summed E-state index contributed by atoms with van der Waals surface area (Å²) in [6.07, 6.45) is 4.35. The molecule has 11 heavy (non-hydrogen) atoms. The van der Waals surface area contributed by atoms with Crippen LogP contribution in [-0.4, -0.2) is 24.1 Å². The molecule has 1 atom stereocenters. The van der Waals surface area contributed by atoms with Crippen LogP contribution in [0.3, 0.4) is 0 Å². The molecule has 0 saturated heterocycles. The Morgan fingerprint density at radius 2 is 2.55 bits per heavy atom. The average molecular weight is 174 g/mol. The monoisotopic (exact) mass is 174 g/mol. The third kappa shape index (κ3) is 3.61. The van der Waals surface area contributed by atoms with Gasteiger partial charge in [-0.25, -0.2) is 0 Å². The van der Waals surface area contributed by atoms with Gasteiger partial charge in [0.1, 0.15) is 0 Å². The van der Waals surface area contributed by atoms with Gasteiger partial charge in [-0.1, -0.05) is 11.6 Å². The highest BCUT2D eigenvalue weighted by atomic mass is 31.1. The molecule has 0 aromatic carbocycles. The van der Waals surface area contributed by atoms with E-state index < -0.39 is 8.03 Å². The van der Waals surface area contributed by atoms with E-state index in [0.717, 1.165) is 25.9 Å². The molecule has 1 heterocycles. The summed E-state index contributed by atoms with van der Waals surface area (Å²) in [5, 5.41) is 3.19. The van der Waals surface area contributed by atoms with E-state index in [-0.39, 0.29) is 0 Å². The molecule has 0 aromatic rings. The summed E-state index contributed by atoms with van der Waals surface area (Å²) in [7, 11) is -1.94. The summed E-state index contributed by atoms with van der Waals surface area (Å²) in [4.78, 5) is 8.55. The van der Waals surface area contributed by atoms with Gasteiger partial charge in [0.15, 0.2) is 6.16 Å². The Morgan fingerprint density at radius 1 is 1.73 bits per heavy atom. The number of hydrogen-bond acceptors (Lipinski definition) is 2. The molecule has 0 spiro atoms. The summed E-state index contributed by atoms with van der Waals surface area (Å²) in [6, 6.07) is 0. The summed E-state index contributed by atoms with van der Waals surface area (Å²) >= 11 is 0. The minimum absolute atomic E-state index is 0.418. The first kappa shape index (κ1) is 8.85. The summed E-state index contributed by atoms with van der Waals surface area (Å²) in [5.74, 6) is 0. The van der Waals surface area contributed by atoms with Gasteiger partial charge in [0.2, 0.25) is 0 Å². The Bertz CT molecular complexity index is 179. The molecule has 1 unspecified atom stereocenters. The van der Waals surface area contributed by atoms with Crippen molar-refractivity contribution >= 4 is 8.03 Å². The highest BCUT2D eigenvalue weighted by Crippen LogP contribution is 2.19. The minimum Gasteiger partial charge on any atom is -0.313 e. The van der Waals surface area contributed by atoms with Crippen LogP contribution in [-0.2, 0) is 4.57 Å². The van der Waals surface area contributed by atoms with Crippen LogP contribution >= 0.6 is 8.03 Å². The van der Waals surface area contributed by atoms with Crippen molar-refractivity contribution in [3.8, 4) is 0 Å². The van der Waals surface area contributed by atoms with Crippen LogP contribution < -0.4 is 5.32 Å². The third-order valence-corrected chi connectivity index (χ3v) is 2.39. The standard InChI is InChI=1S/C7H12NO2P/c9-11(10)6-3-7-1-4-8-5-2-7/h1,8H,2-6H2/p+1. The molecule has 0 saturated carbocycles. The molecule has 3 nitrogen and oxygen atoms in total. The predicted octanol–water partition coefficient (Wildman–Crippen LogP) is 1.03. The van der Waals surface area contributed by atoms with Gasteiger partial charge in [0.05, 0.1) is 0 Å². The fourth-order valence-electron chi connectivity index (χ4n) is 1.14. The molecule has 0 amide bonds. The highest BCUT2D eigenvalue weighted by molar-refractivity contribution is 7.37. The second-order valence-corrected chi connectivity index (χ2v) is 3.79. The van der Waals surface area contributed by atoms with Crippen molar-refractivity contribution in [2.24, 2.45) is 0 Å². The van der Waals surface area contributed by atoms with Gasteiger partial charge in [-0.2, -0.15) is 4.89 Å². The van der Waals surface area contributed by atoms with E-state index in [2.05, 4.69) is 11.4 Å². The molecule has 1 aliphatic heterocycles. The van der Waals surface area contributed by atoms with E-state index in [1.165, 1.54) is 5.57 Å². The lowest BCUT2D eigenvalue weighted by molar-refractivity contribution is 0.502. The number of hydrogen-bond donors (Lipinski definition) is 2. The Hall–Kier alpha value is -0.240. The fourth-order valence-corrected chi connectivity index (χ4v) is 1.61. The first-order valence-corrected chi connectivity index (χ1v) is 5.21. The van der Waals surface area contributed by atoms with E-state index >= 15 is 0 Å². The lowest BCUT2D eigenvalue weighted by Crippen LogP contribution is -2.20. The molecule has 1 rings (SSSR count). The van der Waals surface area contributed by atoms with Crippen LogP contribution in [0, 0.1) is 0 Å². The maximum atomic E-state index is 10.3. The van der Waals surface area contributed by atoms with E-state index in [0.29, 0.717) is 6.16 Å². The van der Waals surface area contributed by atoms with Crippen molar-refractivity contribution in [2.75, 3.05) is 19.3 Å². The van der Waals surface area contributed by atoms with E-state index in [1.54, 1.807) is 0 Å². The number of rotatable bonds is 3. The molecular formula is C7H13NO2P+. The molecule has 0 fully saturated rings. The topological polar surface area (TPSA) is 49.3 Å². The average Bonchev–Trinajstić information content (AvgIpc) is 2.03. The van der Waals surface area contributed by atoms with Crippen LogP contribution in [0.25, 0.3) is 0 Å². The first-order chi connectivity index (χ1) is 5.29. The molecule has 0 radical (unpaired) electrons. The van der Waals surface area contributed by atoms with Gasteiger partial charge in [-0.15, -0.1) is 0 Å². The molecule has 4 heteroatoms. The molecule has 62 valence electrons. The largest absolute Gasteiger partial charge is 0.505 e. The predicted molar refractivity (Wildman–Crippen MR) is 44.9 cm³/mol. The lowest BCUT2D eigenvalue weighted by atomic mass is 10.1. The van der Waals surface area contributed by atoms with E-state index in [1.807, 2.05) is 0 Å². The quantitative estimate of drug-likeness (QED) is 0.496. The lowest BCUT2D eigenvalue weighted by Gasteiger charge is -2.11. The second-order valence-electron chi connectivity index (χ2n) is 2.64. The van der Waals surface area contributed by atoms with Crippen molar-refractivity contribution in [3.05, 3.63) is 11.6 Å². The molecule has 0 bridgehead atoms. The van der Waals surface area contributed by atoms with Crippen LogP contribution in [0.2, 0.25) is 0 Å². The zero-order valence-electron chi connectivity index (χ0n) is 6.42. The van der Waals surface area contributed by atoms with Crippen molar-refractivity contribution < 1.29 is 9.46 Å². The molecule has 1 aliphatic rings. The number of nitrogens with one attached hydrogen (secondary N) is 1. The molecule has 0 aliphatic carbocycles. The maximum Gasteiger partial charge on any atom is 0.505 e. The Labute approximate surface area is 67.4 Å². The third-order valence-electron chi connectivity index (χ3n) is 1.78. The van der Waals surface area contributed by atoms with Gasteiger partial charge >= 0.3 is 8.03 Å².